The molecule has 3 aliphatic rings. The van der Waals surface area contributed by atoms with Crippen LogP contribution < -0.4 is 26.2 Å². The van der Waals surface area contributed by atoms with Crippen LogP contribution in [0, 0.1) is 5.82 Å². The van der Waals surface area contributed by atoms with Crippen LogP contribution in [-0.2, 0) is 0 Å². The summed E-state index contributed by atoms with van der Waals surface area (Å²) >= 11 is 8.15. The second-order valence-electron chi connectivity index (χ2n) is 9.30. The Balaban J connectivity index is 1.45. The summed E-state index contributed by atoms with van der Waals surface area (Å²) in [6.07, 6.45) is 1.04. The van der Waals surface area contributed by atoms with Gasteiger partial charge < -0.3 is 26.2 Å². The fourth-order valence-electron chi connectivity index (χ4n) is 5.58. The van der Waals surface area contributed by atoms with Crippen LogP contribution in [-0.4, -0.2) is 66.3 Å². The van der Waals surface area contributed by atoms with Crippen LogP contribution in [0.25, 0.3) is 32.2 Å². The Morgan fingerprint density at radius 2 is 1.97 bits per heavy atom. The highest BCUT2D eigenvalue weighted by atomic mass is 35.5. The minimum absolute atomic E-state index is 0.289. The number of nitrogens with zero attached hydrogens (tertiary/aromatic N) is 5. The van der Waals surface area contributed by atoms with Crippen molar-refractivity contribution in [3.05, 3.63) is 35.1 Å². The molecule has 3 aliphatic heterocycles. The zero-order valence-corrected chi connectivity index (χ0v) is 20.5. The molecule has 11 heteroatoms. The molecular formula is C24H24ClFN8S. The topological polar surface area (TPSA) is 95.2 Å². The largest absolute Gasteiger partial charge is 0.375 e. The molecule has 4 aromatic rings. The first-order chi connectivity index (χ1) is 17.1. The van der Waals surface area contributed by atoms with Crippen molar-refractivity contribution in [1.29, 1.82) is 0 Å². The highest BCUT2D eigenvalue weighted by molar-refractivity contribution is 7.22. The van der Waals surface area contributed by atoms with E-state index in [1.54, 1.807) is 6.07 Å². The molecule has 8 nitrogen and oxygen atoms in total. The summed E-state index contributed by atoms with van der Waals surface area (Å²) in [7, 11) is 0. The molecule has 3 fully saturated rings. The van der Waals surface area contributed by atoms with Gasteiger partial charge in [-0.3, -0.25) is 0 Å². The Labute approximate surface area is 210 Å². The smallest absolute Gasteiger partial charge is 0.228 e. The molecule has 2 aromatic heterocycles. The van der Waals surface area contributed by atoms with Gasteiger partial charge in [-0.1, -0.05) is 35.1 Å². The molecule has 0 amide bonds. The van der Waals surface area contributed by atoms with Gasteiger partial charge in [0.15, 0.2) is 10.9 Å². The SMILES string of the molecule is Nc1nc2c(-c3c(Cl)cc4c(N5CCNCC5)nc(N5CC6NCC[C@H]65)nc4c3F)cccc2s1. The van der Waals surface area contributed by atoms with E-state index < -0.39 is 5.82 Å². The van der Waals surface area contributed by atoms with Gasteiger partial charge in [0, 0.05) is 55.3 Å². The summed E-state index contributed by atoms with van der Waals surface area (Å²) in [5.41, 5.74) is 7.82. The van der Waals surface area contributed by atoms with Gasteiger partial charge in [-0.15, -0.1) is 0 Å². The maximum atomic E-state index is 16.4. The van der Waals surface area contributed by atoms with Crippen LogP contribution in [0.5, 0.6) is 0 Å². The first-order valence-electron chi connectivity index (χ1n) is 11.9. The lowest BCUT2D eigenvalue weighted by Crippen LogP contribution is -2.61. The zero-order chi connectivity index (χ0) is 23.7. The van der Waals surface area contributed by atoms with Crippen molar-refractivity contribution in [2.24, 2.45) is 0 Å². The number of benzene rings is 2. The highest BCUT2D eigenvalue weighted by Gasteiger charge is 2.43. The van der Waals surface area contributed by atoms with Crippen LogP contribution >= 0.6 is 22.9 Å². The van der Waals surface area contributed by atoms with Crippen molar-refractivity contribution in [3.8, 4) is 11.1 Å². The lowest BCUT2D eigenvalue weighted by molar-refractivity contribution is 0.389. The minimum Gasteiger partial charge on any atom is -0.375 e. The Morgan fingerprint density at radius 1 is 1.11 bits per heavy atom. The predicted molar refractivity (Wildman–Crippen MR) is 140 cm³/mol. The Kier molecular flexibility index (Phi) is 4.99. The van der Waals surface area contributed by atoms with Crippen molar-refractivity contribution in [2.45, 2.75) is 18.5 Å². The number of anilines is 3. The van der Waals surface area contributed by atoms with E-state index in [0.29, 0.717) is 50.2 Å². The second-order valence-corrected chi connectivity index (χ2v) is 10.8. The molecule has 35 heavy (non-hydrogen) atoms. The van der Waals surface area contributed by atoms with Gasteiger partial charge in [-0.25, -0.2) is 14.4 Å². The number of piperazine rings is 1. The number of rotatable bonds is 3. The molecule has 2 atom stereocenters. The van der Waals surface area contributed by atoms with Gasteiger partial charge in [0.25, 0.3) is 0 Å². The first-order valence-corrected chi connectivity index (χ1v) is 13.1. The summed E-state index contributed by atoms with van der Waals surface area (Å²) in [5, 5.41) is 8.27. The van der Waals surface area contributed by atoms with E-state index in [0.717, 1.165) is 56.2 Å². The summed E-state index contributed by atoms with van der Waals surface area (Å²) in [5.74, 6) is 0.872. The zero-order valence-electron chi connectivity index (χ0n) is 18.9. The molecule has 1 unspecified atom stereocenters. The van der Waals surface area contributed by atoms with Gasteiger partial charge in [-0.2, -0.15) is 4.98 Å². The van der Waals surface area contributed by atoms with Gasteiger partial charge >= 0.3 is 0 Å². The molecule has 5 heterocycles. The van der Waals surface area contributed by atoms with Crippen molar-refractivity contribution in [3.63, 3.8) is 0 Å². The Hall–Kier alpha value is -2.79. The molecule has 3 saturated heterocycles. The average Bonchev–Trinajstić information content (AvgIpc) is 3.41. The Bertz CT molecular complexity index is 1470. The average molecular weight is 511 g/mol. The fourth-order valence-corrected chi connectivity index (χ4v) is 6.64. The number of hydrogen-bond donors (Lipinski definition) is 3. The number of halogens is 2. The lowest BCUT2D eigenvalue weighted by atomic mass is 9.98. The van der Waals surface area contributed by atoms with Gasteiger partial charge in [-0.05, 0) is 25.1 Å². The van der Waals surface area contributed by atoms with E-state index in [9.17, 15) is 0 Å². The molecule has 180 valence electrons. The van der Waals surface area contributed by atoms with E-state index in [1.165, 1.54) is 11.3 Å². The summed E-state index contributed by atoms with van der Waals surface area (Å²) in [4.78, 5) is 18.6. The number of nitrogens with two attached hydrogens (primary N) is 1. The van der Waals surface area contributed by atoms with Crippen LogP contribution in [0.4, 0.5) is 21.3 Å². The van der Waals surface area contributed by atoms with E-state index in [4.69, 9.17) is 27.3 Å². The number of nitrogens with one attached hydrogen (secondary N) is 2. The van der Waals surface area contributed by atoms with Gasteiger partial charge in [0.2, 0.25) is 5.95 Å². The van der Waals surface area contributed by atoms with Gasteiger partial charge in [0.05, 0.1) is 21.3 Å². The van der Waals surface area contributed by atoms with E-state index in [1.807, 2.05) is 18.2 Å². The van der Waals surface area contributed by atoms with Crippen molar-refractivity contribution in [2.75, 3.05) is 54.8 Å². The fraction of sp³-hybridized carbons (Fsp3) is 0.375. The number of nitrogen functional groups attached to an aromatic ring is 1. The molecule has 4 N–H and O–H groups in total. The van der Waals surface area contributed by atoms with Crippen LogP contribution in [0.3, 0.4) is 0 Å². The third kappa shape index (κ3) is 3.35. The maximum absolute atomic E-state index is 16.4. The molecular weight excluding hydrogens is 487 g/mol. The predicted octanol–water partition coefficient (Wildman–Crippen LogP) is 3.24. The van der Waals surface area contributed by atoms with Crippen LogP contribution in [0.2, 0.25) is 5.02 Å². The maximum Gasteiger partial charge on any atom is 0.228 e. The molecule has 2 aromatic carbocycles. The third-order valence-corrected chi connectivity index (χ3v) is 8.48. The third-order valence-electron chi connectivity index (χ3n) is 7.33. The summed E-state index contributed by atoms with van der Waals surface area (Å²) < 4.78 is 17.3. The van der Waals surface area contributed by atoms with E-state index >= 15 is 4.39 Å². The second kappa shape index (κ2) is 8.12. The number of thiazole rings is 1. The first kappa shape index (κ1) is 21.5. The number of aromatic nitrogens is 3. The summed E-state index contributed by atoms with van der Waals surface area (Å²) in [6, 6.07) is 8.25. The monoisotopic (exact) mass is 510 g/mol. The van der Waals surface area contributed by atoms with Crippen molar-refractivity contribution in [1.82, 2.24) is 25.6 Å². The molecule has 7 rings (SSSR count). The highest BCUT2D eigenvalue weighted by Crippen LogP contribution is 2.42. The Morgan fingerprint density at radius 3 is 2.80 bits per heavy atom. The molecule has 0 bridgehead atoms. The number of para-hydroxylation sites is 1. The van der Waals surface area contributed by atoms with Crippen molar-refractivity contribution >= 4 is 61.0 Å². The standard InChI is InChI=1S/C24H24ClFN8S/c25-14-10-13-21(19(26)18(14)12-2-1-3-17-20(12)30-23(27)35-17)31-24(34-11-15-16(34)4-5-29-15)32-22(13)33-8-6-28-7-9-33/h1-3,10,15-16,28-29H,4-9,11H2,(H2,27,30)/t15?,16-/m1/s1. The van der Waals surface area contributed by atoms with Crippen molar-refractivity contribution < 1.29 is 4.39 Å². The number of hydrogen-bond acceptors (Lipinski definition) is 9. The molecule has 0 radical (unpaired) electrons. The van der Waals surface area contributed by atoms with E-state index in [-0.39, 0.29) is 5.52 Å². The quantitative estimate of drug-likeness (QED) is 0.386. The molecule has 0 saturated carbocycles. The lowest BCUT2D eigenvalue weighted by Gasteiger charge is -2.44. The van der Waals surface area contributed by atoms with Crippen LogP contribution in [0.1, 0.15) is 6.42 Å². The van der Waals surface area contributed by atoms with E-state index in [2.05, 4.69) is 25.4 Å². The molecule has 0 spiro atoms. The summed E-state index contributed by atoms with van der Waals surface area (Å²) in [6.45, 7) is 5.09. The minimum atomic E-state index is -0.451. The normalized spacial score (nSPS) is 22.1. The molecule has 0 aliphatic carbocycles. The van der Waals surface area contributed by atoms with Gasteiger partial charge in [0.1, 0.15) is 11.3 Å². The number of fused-ring (bicyclic) bond motifs is 3. The van der Waals surface area contributed by atoms with Crippen LogP contribution in [0.15, 0.2) is 24.3 Å².